The van der Waals surface area contributed by atoms with Crippen molar-refractivity contribution < 1.29 is 4.79 Å². The highest BCUT2D eigenvalue weighted by Gasteiger charge is 2.38. The average Bonchev–Trinajstić information content (AvgIpc) is 2.70. The molecule has 0 radical (unpaired) electrons. The van der Waals surface area contributed by atoms with Crippen LogP contribution in [0.4, 0.5) is 4.79 Å². The van der Waals surface area contributed by atoms with Crippen LogP contribution in [0.2, 0.25) is 0 Å². The molecule has 96 valence electrons. The Balaban J connectivity index is 1.70. The van der Waals surface area contributed by atoms with Crippen LogP contribution >= 0.6 is 22.6 Å². The molecule has 2 aliphatic rings. The number of hydrogen-bond acceptors (Lipinski definition) is 2. The Morgan fingerprint density at radius 1 is 1.33 bits per heavy atom. The van der Waals surface area contributed by atoms with Gasteiger partial charge in [0.2, 0.25) is 0 Å². The molecule has 2 amide bonds. The summed E-state index contributed by atoms with van der Waals surface area (Å²) in [7, 11) is 0. The Kier molecular flexibility index (Phi) is 3.43. The fourth-order valence-corrected chi connectivity index (χ4v) is 2.99. The molecule has 0 spiro atoms. The lowest BCUT2D eigenvalue weighted by molar-refractivity contribution is 0.178. The van der Waals surface area contributed by atoms with E-state index in [1.54, 1.807) is 0 Å². The summed E-state index contributed by atoms with van der Waals surface area (Å²) in [5.74, 6) is 0. The van der Waals surface area contributed by atoms with E-state index in [-0.39, 0.29) is 6.03 Å². The predicted molar refractivity (Wildman–Crippen MR) is 78.3 cm³/mol. The fraction of sp³-hybridized carbons (Fsp3) is 0.462. The maximum Gasteiger partial charge on any atom is 0.320 e. The largest absolute Gasteiger partial charge is 0.320 e. The molecule has 2 aliphatic heterocycles. The zero-order chi connectivity index (χ0) is 12.5. The Morgan fingerprint density at radius 2 is 2.11 bits per heavy atom. The normalized spacial score (nSPS) is 23.4. The van der Waals surface area contributed by atoms with Gasteiger partial charge < -0.3 is 15.1 Å². The maximum absolute atomic E-state index is 12.2. The SMILES string of the molecule is O=C1N(Cc2ccc(I)cc2)CC2CNCCN12. The number of rotatable bonds is 2. The van der Waals surface area contributed by atoms with Gasteiger partial charge in [-0.05, 0) is 40.3 Å². The molecule has 0 bridgehead atoms. The van der Waals surface area contributed by atoms with Gasteiger partial charge in [0.15, 0.2) is 0 Å². The zero-order valence-corrected chi connectivity index (χ0v) is 12.3. The fourth-order valence-electron chi connectivity index (χ4n) is 2.63. The van der Waals surface area contributed by atoms with Crippen molar-refractivity contribution in [3.8, 4) is 0 Å². The van der Waals surface area contributed by atoms with E-state index in [0.29, 0.717) is 6.04 Å². The minimum absolute atomic E-state index is 0.194. The number of carbonyl (C=O) groups excluding carboxylic acids is 1. The number of fused-ring (bicyclic) bond motifs is 1. The topological polar surface area (TPSA) is 35.6 Å². The molecule has 1 N–H and O–H groups in total. The molecule has 2 saturated heterocycles. The molecular weight excluding hydrogens is 341 g/mol. The highest BCUT2D eigenvalue weighted by molar-refractivity contribution is 14.1. The monoisotopic (exact) mass is 357 g/mol. The average molecular weight is 357 g/mol. The quantitative estimate of drug-likeness (QED) is 0.815. The minimum Gasteiger partial charge on any atom is -0.318 e. The van der Waals surface area contributed by atoms with Crippen molar-refractivity contribution >= 4 is 28.6 Å². The number of hydrogen-bond donors (Lipinski definition) is 1. The molecule has 2 fully saturated rings. The number of halogens is 1. The van der Waals surface area contributed by atoms with Crippen molar-refractivity contribution in [3.05, 3.63) is 33.4 Å². The first kappa shape index (κ1) is 12.2. The number of benzene rings is 1. The van der Waals surface area contributed by atoms with Crippen molar-refractivity contribution in [1.82, 2.24) is 15.1 Å². The molecule has 2 heterocycles. The molecule has 18 heavy (non-hydrogen) atoms. The first-order valence-corrected chi connectivity index (χ1v) is 7.32. The lowest BCUT2D eigenvalue weighted by Crippen LogP contribution is -2.49. The van der Waals surface area contributed by atoms with E-state index in [9.17, 15) is 4.79 Å². The van der Waals surface area contributed by atoms with Gasteiger partial charge in [0.05, 0.1) is 6.04 Å². The number of amides is 2. The molecule has 0 aliphatic carbocycles. The third kappa shape index (κ3) is 2.33. The maximum atomic E-state index is 12.2. The minimum atomic E-state index is 0.194. The molecule has 1 aromatic carbocycles. The number of piperazine rings is 1. The lowest BCUT2D eigenvalue weighted by Gasteiger charge is -2.28. The Hall–Kier alpha value is -0.820. The predicted octanol–water partition coefficient (Wildman–Crippen LogP) is 1.50. The van der Waals surface area contributed by atoms with E-state index in [2.05, 4.69) is 52.2 Å². The van der Waals surface area contributed by atoms with E-state index in [1.165, 1.54) is 9.13 Å². The first-order valence-electron chi connectivity index (χ1n) is 6.25. The van der Waals surface area contributed by atoms with Gasteiger partial charge in [-0.3, -0.25) is 0 Å². The second-order valence-corrected chi connectivity index (χ2v) is 6.09. The molecule has 1 aromatic rings. The van der Waals surface area contributed by atoms with Gasteiger partial charge in [0, 0.05) is 36.3 Å². The van der Waals surface area contributed by atoms with E-state index >= 15 is 0 Å². The Bertz CT molecular complexity index is 448. The molecule has 1 unspecified atom stereocenters. The van der Waals surface area contributed by atoms with Crippen LogP contribution < -0.4 is 5.32 Å². The number of carbonyl (C=O) groups is 1. The van der Waals surface area contributed by atoms with Crippen LogP contribution in [0.1, 0.15) is 5.56 Å². The van der Waals surface area contributed by atoms with Crippen LogP contribution in [0.3, 0.4) is 0 Å². The van der Waals surface area contributed by atoms with E-state index in [0.717, 1.165) is 32.7 Å². The molecule has 0 aromatic heterocycles. The molecular formula is C13H16IN3O. The summed E-state index contributed by atoms with van der Waals surface area (Å²) >= 11 is 2.29. The molecule has 0 saturated carbocycles. The molecule has 5 heteroatoms. The second-order valence-electron chi connectivity index (χ2n) is 4.84. The van der Waals surface area contributed by atoms with Crippen molar-refractivity contribution in [3.63, 3.8) is 0 Å². The summed E-state index contributed by atoms with van der Waals surface area (Å²) in [6.45, 7) is 4.25. The second kappa shape index (κ2) is 5.05. The van der Waals surface area contributed by atoms with Crippen LogP contribution in [-0.2, 0) is 6.54 Å². The van der Waals surface area contributed by atoms with Crippen LogP contribution in [0.5, 0.6) is 0 Å². The molecule has 4 nitrogen and oxygen atoms in total. The van der Waals surface area contributed by atoms with Gasteiger partial charge in [-0.25, -0.2) is 4.79 Å². The summed E-state index contributed by atoms with van der Waals surface area (Å²) in [6.07, 6.45) is 0. The number of nitrogens with zero attached hydrogens (tertiary/aromatic N) is 2. The van der Waals surface area contributed by atoms with Crippen molar-refractivity contribution in [2.75, 3.05) is 26.2 Å². The summed E-state index contributed by atoms with van der Waals surface area (Å²) in [5, 5.41) is 3.35. The van der Waals surface area contributed by atoms with Gasteiger partial charge in [-0.15, -0.1) is 0 Å². The summed E-state index contributed by atoms with van der Waals surface area (Å²) in [4.78, 5) is 16.2. The van der Waals surface area contributed by atoms with Crippen molar-refractivity contribution in [2.45, 2.75) is 12.6 Å². The zero-order valence-electron chi connectivity index (χ0n) is 10.1. The third-order valence-electron chi connectivity index (χ3n) is 3.58. The Labute approximate surface area is 120 Å². The summed E-state index contributed by atoms with van der Waals surface area (Å²) < 4.78 is 1.23. The molecule has 3 rings (SSSR count). The standard InChI is InChI=1S/C13H16IN3O/c14-11-3-1-10(2-4-11)8-16-9-12-7-15-5-6-17(12)13(16)18/h1-4,12,15H,5-9H2. The van der Waals surface area contributed by atoms with E-state index in [4.69, 9.17) is 0 Å². The van der Waals surface area contributed by atoms with Gasteiger partial charge in [-0.2, -0.15) is 0 Å². The van der Waals surface area contributed by atoms with Crippen LogP contribution in [0.15, 0.2) is 24.3 Å². The highest BCUT2D eigenvalue weighted by Crippen LogP contribution is 2.20. The number of nitrogens with one attached hydrogen (secondary N) is 1. The van der Waals surface area contributed by atoms with Crippen molar-refractivity contribution in [1.29, 1.82) is 0 Å². The van der Waals surface area contributed by atoms with Crippen LogP contribution in [0, 0.1) is 3.57 Å². The molecule has 1 atom stereocenters. The lowest BCUT2D eigenvalue weighted by atomic mass is 10.2. The van der Waals surface area contributed by atoms with E-state index in [1.807, 2.05) is 9.80 Å². The smallest absolute Gasteiger partial charge is 0.318 e. The van der Waals surface area contributed by atoms with Crippen LogP contribution in [0.25, 0.3) is 0 Å². The van der Waals surface area contributed by atoms with Crippen molar-refractivity contribution in [2.24, 2.45) is 0 Å². The Morgan fingerprint density at radius 3 is 2.83 bits per heavy atom. The van der Waals surface area contributed by atoms with Crippen LogP contribution in [-0.4, -0.2) is 48.1 Å². The summed E-state index contributed by atoms with van der Waals surface area (Å²) in [6, 6.07) is 8.93. The summed E-state index contributed by atoms with van der Waals surface area (Å²) in [5.41, 5.74) is 1.21. The number of urea groups is 1. The van der Waals surface area contributed by atoms with Gasteiger partial charge >= 0.3 is 6.03 Å². The first-order chi connectivity index (χ1) is 8.74. The van der Waals surface area contributed by atoms with Gasteiger partial charge in [-0.1, -0.05) is 12.1 Å². The third-order valence-corrected chi connectivity index (χ3v) is 4.30. The van der Waals surface area contributed by atoms with Gasteiger partial charge in [0.1, 0.15) is 0 Å². The van der Waals surface area contributed by atoms with Gasteiger partial charge in [0.25, 0.3) is 0 Å². The highest BCUT2D eigenvalue weighted by atomic mass is 127. The van der Waals surface area contributed by atoms with E-state index < -0.39 is 0 Å².